The normalized spacial score (nSPS) is 19.8. The van der Waals surface area contributed by atoms with Crippen LogP contribution in [0.4, 0.5) is 0 Å². The van der Waals surface area contributed by atoms with Crippen LogP contribution in [0, 0.1) is 5.92 Å². The predicted octanol–water partition coefficient (Wildman–Crippen LogP) is 3.47. The van der Waals surface area contributed by atoms with Crippen molar-refractivity contribution < 1.29 is 4.74 Å². The molecule has 0 aliphatic carbocycles. The second-order valence-corrected chi connectivity index (χ2v) is 5.28. The highest BCUT2D eigenvalue weighted by Gasteiger charge is 2.20. The van der Waals surface area contributed by atoms with Crippen molar-refractivity contribution in [1.82, 2.24) is 9.55 Å². The zero-order valence-corrected chi connectivity index (χ0v) is 11.4. The van der Waals surface area contributed by atoms with Crippen LogP contribution >= 0.6 is 23.2 Å². The number of alkyl halides is 1. The molecule has 0 radical (unpaired) electrons. The highest BCUT2D eigenvalue weighted by atomic mass is 35.5. The molecule has 0 bridgehead atoms. The molecule has 0 saturated carbocycles. The van der Waals surface area contributed by atoms with Crippen molar-refractivity contribution in [1.29, 1.82) is 0 Å². The number of para-hydroxylation sites is 1. The number of rotatable bonds is 3. The van der Waals surface area contributed by atoms with E-state index in [0.29, 0.717) is 11.8 Å². The van der Waals surface area contributed by atoms with Gasteiger partial charge < -0.3 is 9.30 Å². The van der Waals surface area contributed by atoms with Crippen molar-refractivity contribution in [3.63, 3.8) is 0 Å². The smallest absolute Gasteiger partial charge is 0.124 e. The molecule has 1 aromatic carbocycles. The number of aromatic nitrogens is 2. The Morgan fingerprint density at radius 2 is 2.33 bits per heavy atom. The van der Waals surface area contributed by atoms with Crippen LogP contribution in [0.3, 0.4) is 0 Å². The summed E-state index contributed by atoms with van der Waals surface area (Å²) >= 11 is 12.3. The number of fused-ring (bicyclic) bond motifs is 1. The van der Waals surface area contributed by atoms with Crippen molar-refractivity contribution in [2.75, 3.05) is 13.2 Å². The molecule has 1 aliphatic rings. The number of hydrogen-bond donors (Lipinski definition) is 0. The van der Waals surface area contributed by atoms with Gasteiger partial charge in [-0.05, 0) is 18.6 Å². The summed E-state index contributed by atoms with van der Waals surface area (Å²) < 4.78 is 7.56. The number of nitrogens with zero attached hydrogens (tertiary/aromatic N) is 2. The molecule has 1 saturated heterocycles. The van der Waals surface area contributed by atoms with E-state index in [4.69, 9.17) is 27.9 Å². The molecule has 1 fully saturated rings. The van der Waals surface area contributed by atoms with Gasteiger partial charge in [0.1, 0.15) is 5.82 Å². The fourth-order valence-electron chi connectivity index (χ4n) is 2.47. The Morgan fingerprint density at radius 1 is 1.44 bits per heavy atom. The molecule has 1 aliphatic heterocycles. The zero-order chi connectivity index (χ0) is 12.5. The molecule has 0 amide bonds. The molecule has 1 unspecified atom stereocenters. The molecule has 1 aromatic heterocycles. The molecule has 0 N–H and O–H groups in total. The molecule has 0 spiro atoms. The molecular weight excluding hydrogens is 271 g/mol. The monoisotopic (exact) mass is 284 g/mol. The van der Waals surface area contributed by atoms with Gasteiger partial charge in [-0.1, -0.05) is 17.7 Å². The first-order valence-electron chi connectivity index (χ1n) is 6.07. The standard InChI is InChI=1S/C13H14Cl2N2O/c14-6-12-16-11-3-1-2-10(15)13(11)17(12)7-9-4-5-18-8-9/h1-3,9H,4-8H2. The number of ether oxygens (including phenoxy) is 1. The minimum atomic E-state index is 0.401. The lowest BCUT2D eigenvalue weighted by Crippen LogP contribution is -2.12. The maximum atomic E-state index is 6.28. The van der Waals surface area contributed by atoms with E-state index in [1.807, 2.05) is 18.2 Å². The maximum Gasteiger partial charge on any atom is 0.124 e. The Kier molecular flexibility index (Phi) is 3.46. The zero-order valence-electron chi connectivity index (χ0n) is 9.90. The van der Waals surface area contributed by atoms with Gasteiger partial charge in [0.25, 0.3) is 0 Å². The quantitative estimate of drug-likeness (QED) is 0.807. The fourth-order valence-corrected chi connectivity index (χ4v) is 2.95. The highest BCUT2D eigenvalue weighted by molar-refractivity contribution is 6.35. The van der Waals surface area contributed by atoms with E-state index in [1.165, 1.54) is 0 Å². The lowest BCUT2D eigenvalue weighted by atomic mass is 10.1. The average Bonchev–Trinajstić information content (AvgIpc) is 2.98. The highest BCUT2D eigenvalue weighted by Crippen LogP contribution is 2.27. The Balaban J connectivity index is 2.06. The maximum absolute atomic E-state index is 6.28. The lowest BCUT2D eigenvalue weighted by molar-refractivity contribution is 0.182. The second kappa shape index (κ2) is 5.08. The van der Waals surface area contributed by atoms with E-state index < -0.39 is 0 Å². The number of hydrogen-bond acceptors (Lipinski definition) is 2. The summed E-state index contributed by atoms with van der Waals surface area (Å²) in [5.41, 5.74) is 1.90. The molecule has 2 aromatic rings. The summed E-state index contributed by atoms with van der Waals surface area (Å²) in [6, 6.07) is 5.78. The predicted molar refractivity (Wildman–Crippen MR) is 73.2 cm³/mol. The minimum Gasteiger partial charge on any atom is -0.381 e. The topological polar surface area (TPSA) is 27.1 Å². The number of halogens is 2. The molecule has 1 atom stereocenters. The second-order valence-electron chi connectivity index (χ2n) is 4.61. The first-order chi connectivity index (χ1) is 8.79. The Labute approximate surface area is 116 Å². The van der Waals surface area contributed by atoms with E-state index in [2.05, 4.69) is 9.55 Å². The van der Waals surface area contributed by atoms with Crippen LogP contribution in [0.15, 0.2) is 18.2 Å². The molecule has 18 heavy (non-hydrogen) atoms. The van der Waals surface area contributed by atoms with Gasteiger partial charge in [0.15, 0.2) is 0 Å². The van der Waals surface area contributed by atoms with E-state index in [9.17, 15) is 0 Å². The van der Waals surface area contributed by atoms with Crippen LogP contribution < -0.4 is 0 Å². The summed E-state index contributed by atoms with van der Waals surface area (Å²) in [6.45, 7) is 2.54. The molecule has 96 valence electrons. The van der Waals surface area contributed by atoms with E-state index in [-0.39, 0.29) is 0 Å². The van der Waals surface area contributed by atoms with Crippen LogP contribution in [0.5, 0.6) is 0 Å². The fraction of sp³-hybridized carbons (Fsp3) is 0.462. The van der Waals surface area contributed by atoms with Gasteiger partial charge in [-0.15, -0.1) is 11.6 Å². The molecular formula is C13H14Cl2N2O. The lowest BCUT2D eigenvalue weighted by Gasteiger charge is -2.12. The number of imidazole rings is 1. The van der Waals surface area contributed by atoms with E-state index >= 15 is 0 Å². The van der Waals surface area contributed by atoms with Crippen molar-refractivity contribution in [2.45, 2.75) is 18.8 Å². The summed E-state index contributed by atoms with van der Waals surface area (Å²) in [4.78, 5) is 4.54. The third kappa shape index (κ3) is 2.11. The van der Waals surface area contributed by atoms with E-state index in [0.717, 1.165) is 48.1 Å². The third-order valence-corrected chi connectivity index (χ3v) is 3.92. The van der Waals surface area contributed by atoms with Crippen LogP contribution in [0.25, 0.3) is 11.0 Å². The first kappa shape index (κ1) is 12.3. The Bertz CT molecular complexity index is 561. The van der Waals surface area contributed by atoms with Gasteiger partial charge in [0.2, 0.25) is 0 Å². The molecule has 3 rings (SSSR count). The van der Waals surface area contributed by atoms with Crippen molar-refractivity contribution in [3.05, 3.63) is 29.0 Å². The average molecular weight is 285 g/mol. The van der Waals surface area contributed by atoms with Gasteiger partial charge in [0, 0.05) is 19.1 Å². The third-order valence-electron chi connectivity index (χ3n) is 3.38. The minimum absolute atomic E-state index is 0.401. The summed E-state index contributed by atoms with van der Waals surface area (Å²) in [7, 11) is 0. The van der Waals surface area contributed by atoms with Gasteiger partial charge in [-0.3, -0.25) is 0 Å². The Hall–Kier alpha value is -0.770. The van der Waals surface area contributed by atoms with Gasteiger partial charge in [-0.25, -0.2) is 4.98 Å². The van der Waals surface area contributed by atoms with Crippen LogP contribution in [0.2, 0.25) is 5.02 Å². The van der Waals surface area contributed by atoms with Crippen molar-refractivity contribution >= 4 is 34.2 Å². The SMILES string of the molecule is ClCc1nc2cccc(Cl)c2n1CC1CCOC1. The Morgan fingerprint density at radius 3 is 3.06 bits per heavy atom. The molecule has 2 heterocycles. The van der Waals surface area contributed by atoms with Crippen LogP contribution in [-0.2, 0) is 17.2 Å². The first-order valence-corrected chi connectivity index (χ1v) is 6.98. The largest absolute Gasteiger partial charge is 0.381 e. The van der Waals surface area contributed by atoms with E-state index in [1.54, 1.807) is 0 Å². The van der Waals surface area contributed by atoms with Crippen molar-refractivity contribution in [2.24, 2.45) is 5.92 Å². The molecule has 3 nitrogen and oxygen atoms in total. The van der Waals surface area contributed by atoms with Crippen LogP contribution in [-0.4, -0.2) is 22.8 Å². The summed E-state index contributed by atoms with van der Waals surface area (Å²) in [6.07, 6.45) is 1.09. The van der Waals surface area contributed by atoms with Crippen molar-refractivity contribution in [3.8, 4) is 0 Å². The molecule has 5 heteroatoms. The summed E-state index contributed by atoms with van der Waals surface area (Å²) in [5.74, 6) is 1.81. The van der Waals surface area contributed by atoms with Crippen LogP contribution in [0.1, 0.15) is 12.2 Å². The number of benzene rings is 1. The van der Waals surface area contributed by atoms with Gasteiger partial charge in [0.05, 0.1) is 28.5 Å². The van der Waals surface area contributed by atoms with Gasteiger partial charge in [-0.2, -0.15) is 0 Å². The summed E-state index contributed by atoms with van der Waals surface area (Å²) in [5, 5.41) is 0.732. The van der Waals surface area contributed by atoms with Gasteiger partial charge >= 0.3 is 0 Å².